The number of benzene rings is 2. The molecule has 116 valence electrons. The third kappa shape index (κ3) is 3.74. The summed E-state index contributed by atoms with van der Waals surface area (Å²) in [5.74, 6) is -1.47. The van der Waals surface area contributed by atoms with E-state index in [4.69, 9.17) is 4.18 Å². The van der Waals surface area contributed by atoms with Gasteiger partial charge in [-0.3, -0.25) is 4.79 Å². The van der Waals surface area contributed by atoms with Gasteiger partial charge >= 0.3 is 10.1 Å². The zero-order chi connectivity index (χ0) is 16.5. The van der Waals surface area contributed by atoms with Crippen molar-refractivity contribution in [3.05, 3.63) is 56.7 Å². The number of halogens is 3. The molecule has 0 radical (unpaired) electrons. The van der Waals surface area contributed by atoms with Crippen LogP contribution in [0.4, 0.5) is 4.39 Å². The van der Waals surface area contributed by atoms with Crippen molar-refractivity contribution < 1.29 is 21.8 Å². The molecule has 2 aromatic carbocycles. The molecule has 2 rings (SSSR count). The molecule has 0 aliphatic carbocycles. The van der Waals surface area contributed by atoms with E-state index in [0.717, 1.165) is 12.1 Å². The number of Topliss-reactive ketones (excluding diaryl/α,β-unsaturated/α-hetero) is 1. The lowest BCUT2D eigenvalue weighted by atomic mass is 10.1. The first-order chi connectivity index (χ1) is 10.2. The van der Waals surface area contributed by atoms with Gasteiger partial charge in [-0.1, -0.05) is 31.9 Å². The molecule has 0 aliphatic heterocycles. The second kappa shape index (κ2) is 6.47. The predicted octanol–water partition coefficient (Wildman–Crippen LogP) is 4.32. The van der Waals surface area contributed by atoms with Crippen LogP contribution in [0.2, 0.25) is 0 Å². The lowest BCUT2D eigenvalue weighted by Crippen LogP contribution is -2.13. The van der Waals surface area contributed by atoms with Gasteiger partial charge in [-0.15, -0.1) is 0 Å². The Bertz CT molecular complexity index is 850. The summed E-state index contributed by atoms with van der Waals surface area (Å²) in [5, 5.41) is 0. The van der Waals surface area contributed by atoms with Gasteiger partial charge < -0.3 is 4.18 Å². The fraction of sp³-hybridized carbons (Fsp3) is 0.0714. The molecule has 0 unspecified atom stereocenters. The smallest absolute Gasteiger partial charge is 0.342 e. The lowest BCUT2D eigenvalue weighted by Gasteiger charge is -2.11. The summed E-state index contributed by atoms with van der Waals surface area (Å²) >= 11 is 6.26. The van der Waals surface area contributed by atoms with Crippen LogP contribution in [0.3, 0.4) is 0 Å². The highest BCUT2D eigenvalue weighted by Crippen LogP contribution is 2.28. The molecule has 2 aromatic rings. The zero-order valence-electron chi connectivity index (χ0n) is 11.1. The Hall–Kier alpha value is -1.25. The monoisotopic (exact) mass is 450 g/mol. The van der Waals surface area contributed by atoms with Crippen LogP contribution >= 0.6 is 31.9 Å². The van der Waals surface area contributed by atoms with E-state index in [1.807, 2.05) is 0 Å². The van der Waals surface area contributed by atoms with Crippen LogP contribution < -0.4 is 4.18 Å². The third-order valence-corrected chi connectivity index (χ3v) is 4.92. The number of carbonyl (C=O) groups is 1. The van der Waals surface area contributed by atoms with Crippen molar-refractivity contribution in [3.63, 3.8) is 0 Å². The number of hydrogen-bond donors (Lipinski definition) is 0. The van der Waals surface area contributed by atoms with E-state index in [9.17, 15) is 17.6 Å². The molecule has 0 atom stereocenters. The van der Waals surface area contributed by atoms with E-state index < -0.39 is 20.8 Å². The molecule has 0 fully saturated rings. The number of rotatable bonds is 4. The van der Waals surface area contributed by atoms with Gasteiger partial charge in [0.05, 0.1) is 5.56 Å². The molecule has 0 N–H and O–H groups in total. The van der Waals surface area contributed by atoms with Crippen molar-refractivity contribution in [3.8, 4) is 5.75 Å². The fourth-order valence-electron chi connectivity index (χ4n) is 1.68. The fourth-order valence-corrected chi connectivity index (χ4v) is 3.61. The zero-order valence-corrected chi connectivity index (χ0v) is 15.1. The maximum atomic E-state index is 13.7. The highest BCUT2D eigenvalue weighted by Gasteiger charge is 2.24. The molecule has 0 amide bonds. The summed E-state index contributed by atoms with van der Waals surface area (Å²) in [7, 11) is -4.41. The topological polar surface area (TPSA) is 60.4 Å². The Kier molecular flexibility index (Phi) is 5.03. The first-order valence-electron chi connectivity index (χ1n) is 5.91. The van der Waals surface area contributed by atoms with E-state index >= 15 is 0 Å². The van der Waals surface area contributed by atoms with Gasteiger partial charge in [0.2, 0.25) is 0 Å². The van der Waals surface area contributed by atoms with Crippen molar-refractivity contribution in [2.75, 3.05) is 0 Å². The number of ketones is 1. The van der Waals surface area contributed by atoms with Gasteiger partial charge in [-0.2, -0.15) is 8.42 Å². The molecule has 22 heavy (non-hydrogen) atoms. The Labute approximate surface area is 143 Å². The van der Waals surface area contributed by atoms with E-state index in [1.165, 1.54) is 31.2 Å². The average Bonchev–Trinajstić information content (AvgIpc) is 2.43. The normalized spacial score (nSPS) is 11.3. The average molecular weight is 452 g/mol. The standard InChI is InChI=1S/C14H9Br2FO4S/c1-8(18)11-6-9(15)3-5-13(11)21-22(19,20)14-7-10(16)2-4-12(14)17/h2-7H,1H3. The van der Waals surface area contributed by atoms with Gasteiger partial charge in [0.15, 0.2) is 11.5 Å². The van der Waals surface area contributed by atoms with Crippen LogP contribution in [-0.4, -0.2) is 14.2 Å². The third-order valence-electron chi connectivity index (χ3n) is 2.68. The van der Waals surface area contributed by atoms with Gasteiger partial charge in [0, 0.05) is 8.95 Å². The number of hydrogen-bond acceptors (Lipinski definition) is 4. The Morgan fingerprint density at radius 1 is 1.09 bits per heavy atom. The maximum absolute atomic E-state index is 13.7. The largest absolute Gasteiger partial charge is 0.378 e. The van der Waals surface area contributed by atoms with Gasteiger partial charge in [0.25, 0.3) is 0 Å². The molecule has 0 heterocycles. The summed E-state index contributed by atoms with van der Waals surface area (Å²) in [6.07, 6.45) is 0. The molecule has 0 saturated carbocycles. The first-order valence-corrected chi connectivity index (χ1v) is 8.90. The van der Waals surface area contributed by atoms with E-state index in [-0.39, 0.29) is 17.1 Å². The van der Waals surface area contributed by atoms with E-state index in [2.05, 4.69) is 31.9 Å². The van der Waals surface area contributed by atoms with Crippen LogP contribution in [0.25, 0.3) is 0 Å². The Morgan fingerprint density at radius 3 is 2.32 bits per heavy atom. The quantitative estimate of drug-likeness (QED) is 0.513. The van der Waals surface area contributed by atoms with Crippen molar-refractivity contribution in [2.45, 2.75) is 11.8 Å². The molecular formula is C14H9Br2FO4S. The van der Waals surface area contributed by atoms with E-state index in [0.29, 0.717) is 8.95 Å². The summed E-state index contributed by atoms with van der Waals surface area (Å²) in [4.78, 5) is 11.0. The Morgan fingerprint density at radius 2 is 1.68 bits per heavy atom. The molecule has 4 nitrogen and oxygen atoms in total. The minimum absolute atomic E-state index is 0.0772. The summed E-state index contributed by atoms with van der Waals surface area (Å²) in [5.41, 5.74) is 0.0772. The minimum Gasteiger partial charge on any atom is -0.378 e. The van der Waals surface area contributed by atoms with Crippen LogP contribution in [0.15, 0.2) is 50.2 Å². The van der Waals surface area contributed by atoms with Crippen molar-refractivity contribution in [1.82, 2.24) is 0 Å². The highest BCUT2D eigenvalue weighted by atomic mass is 79.9. The Balaban J connectivity index is 2.50. The lowest BCUT2D eigenvalue weighted by molar-refractivity contribution is 0.101. The van der Waals surface area contributed by atoms with Crippen LogP contribution in [0.5, 0.6) is 5.75 Å². The van der Waals surface area contributed by atoms with Gasteiger partial charge in [-0.25, -0.2) is 4.39 Å². The molecule has 0 aromatic heterocycles. The highest BCUT2D eigenvalue weighted by molar-refractivity contribution is 9.10. The van der Waals surface area contributed by atoms with Crippen molar-refractivity contribution in [1.29, 1.82) is 0 Å². The minimum atomic E-state index is -4.41. The second-order valence-electron chi connectivity index (χ2n) is 4.31. The van der Waals surface area contributed by atoms with Gasteiger partial charge in [0.1, 0.15) is 10.7 Å². The SMILES string of the molecule is CC(=O)c1cc(Br)ccc1OS(=O)(=O)c1cc(Br)ccc1F. The second-order valence-corrected chi connectivity index (χ2v) is 7.65. The van der Waals surface area contributed by atoms with Crippen LogP contribution in [0.1, 0.15) is 17.3 Å². The van der Waals surface area contributed by atoms with Crippen LogP contribution in [-0.2, 0) is 10.1 Å². The predicted molar refractivity (Wildman–Crippen MR) is 86.1 cm³/mol. The van der Waals surface area contributed by atoms with Crippen molar-refractivity contribution >= 4 is 47.8 Å². The van der Waals surface area contributed by atoms with E-state index in [1.54, 1.807) is 0 Å². The summed E-state index contributed by atoms with van der Waals surface area (Å²) in [6.45, 7) is 1.28. The molecule has 0 saturated heterocycles. The maximum Gasteiger partial charge on any atom is 0.342 e. The summed E-state index contributed by atoms with van der Waals surface area (Å²) < 4.78 is 44.1. The molecule has 8 heteroatoms. The molecule has 0 bridgehead atoms. The summed E-state index contributed by atoms with van der Waals surface area (Å²) in [6, 6.07) is 7.76. The molecule has 0 aliphatic rings. The van der Waals surface area contributed by atoms with Crippen molar-refractivity contribution in [2.24, 2.45) is 0 Å². The first kappa shape index (κ1) is 17.1. The molecular weight excluding hydrogens is 443 g/mol. The van der Waals surface area contributed by atoms with Crippen LogP contribution in [0, 0.1) is 5.82 Å². The van der Waals surface area contributed by atoms with Gasteiger partial charge in [-0.05, 0) is 43.3 Å². The number of carbonyl (C=O) groups excluding carboxylic acids is 1. The molecule has 0 spiro atoms.